The number of carboxylic acids is 1. The lowest BCUT2D eigenvalue weighted by molar-refractivity contribution is -0.143. The number of carbonyl (C=O) groups excluding carboxylic acids is 1. The van der Waals surface area contributed by atoms with Crippen LogP contribution >= 0.6 is 12.4 Å². The van der Waals surface area contributed by atoms with Crippen LogP contribution < -0.4 is 5.32 Å². The molecule has 0 bridgehead atoms. The van der Waals surface area contributed by atoms with Gasteiger partial charge in [-0.25, -0.2) is 4.39 Å². The van der Waals surface area contributed by atoms with Gasteiger partial charge in [-0.1, -0.05) is 6.07 Å². The van der Waals surface area contributed by atoms with Crippen LogP contribution in [-0.2, 0) is 9.59 Å². The Morgan fingerprint density at radius 3 is 2.55 bits per heavy atom. The average Bonchev–Trinajstić information content (AvgIpc) is 2.46. The minimum atomic E-state index is -0.772. The summed E-state index contributed by atoms with van der Waals surface area (Å²) in [6, 6.07) is 5.37. The van der Waals surface area contributed by atoms with E-state index in [9.17, 15) is 14.0 Å². The van der Waals surface area contributed by atoms with E-state index < -0.39 is 11.8 Å². The molecular weight excluding hydrogens is 311 g/mol. The van der Waals surface area contributed by atoms with Gasteiger partial charge in [0.2, 0.25) is 5.91 Å². The molecule has 1 amide bonds. The van der Waals surface area contributed by atoms with Gasteiger partial charge in [0.1, 0.15) is 5.82 Å². The summed E-state index contributed by atoms with van der Waals surface area (Å²) in [6.07, 6.45) is 1.10. The average molecular weight is 331 g/mol. The number of halogens is 2. The molecule has 1 aromatic carbocycles. The lowest BCUT2D eigenvalue weighted by atomic mass is 9.96. The van der Waals surface area contributed by atoms with Crippen molar-refractivity contribution in [1.29, 1.82) is 0 Å². The number of carboxylic acid groups (broad SMARTS) is 1. The molecule has 22 heavy (non-hydrogen) atoms. The normalized spacial score (nSPS) is 17.4. The first-order valence-corrected chi connectivity index (χ1v) is 7.00. The van der Waals surface area contributed by atoms with Crippen LogP contribution in [0.3, 0.4) is 0 Å². The fraction of sp³-hybridized carbons (Fsp3) is 0.467. The fourth-order valence-corrected chi connectivity index (χ4v) is 2.51. The zero-order chi connectivity index (χ0) is 15.4. The summed E-state index contributed by atoms with van der Waals surface area (Å²) in [5, 5.41) is 11.6. The number of nitrogens with one attached hydrogen (secondary N) is 1. The number of nitrogens with zero attached hydrogens (tertiary/aromatic N) is 1. The van der Waals surface area contributed by atoms with Crippen LogP contribution in [0.1, 0.15) is 19.8 Å². The molecule has 1 unspecified atom stereocenters. The van der Waals surface area contributed by atoms with Crippen molar-refractivity contribution in [3.8, 4) is 0 Å². The standard InChI is InChI=1S/C15H19FN2O3.ClH/c1-10(18-7-5-11(6-8-18)15(20)21)14(19)17-13-4-2-3-12(16)9-13;/h2-4,9-11H,5-8H2,1H3,(H,17,19)(H,20,21);1H. The smallest absolute Gasteiger partial charge is 0.306 e. The molecule has 2 N–H and O–H groups in total. The molecule has 0 radical (unpaired) electrons. The Hall–Kier alpha value is -1.66. The van der Waals surface area contributed by atoms with E-state index >= 15 is 0 Å². The van der Waals surface area contributed by atoms with E-state index in [1.807, 2.05) is 4.90 Å². The van der Waals surface area contributed by atoms with E-state index in [1.54, 1.807) is 13.0 Å². The van der Waals surface area contributed by atoms with Crippen molar-refractivity contribution < 1.29 is 19.1 Å². The molecule has 7 heteroatoms. The minimum Gasteiger partial charge on any atom is -0.481 e. The number of anilines is 1. The molecular formula is C15H20ClFN2O3. The number of hydrogen-bond donors (Lipinski definition) is 2. The lowest BCUT2D eigenvalue weighted by Crippen LogP contribution is -2.46. The van der Waals surface area contributed by atoms with Crippen molar-refractivity contribution in [2.75, 3.05) is 18.4 Å². The fourth-order valence-electron chi connectivity index (χ4n) is 2.51. The first-order valence-electron chi connectivity index (χ1n) is 7.00. The Morgan fingerprint density at radius 2 is 2.00 bits per heavy atom. The number of carbonyl (C=O) groups is 2. The Bertz CT molecular complexity index is 533. The van der Waals surface area contributed by atoms with Gasteiger partial charge in [-0.15, -0.1) is 12.4 Å². The number of hydrogen-bond acceptors (Lipinski definition) is 3. The van der Waals surface area contributed by atoms with Crippen molar-refractivity contribution in [2.24, 2.45) is 5.92 Å². The maximum absolute atomic E-state index is 13.1. The summed E-state index contributed by atoms with van der Waals surface area (Å²) in [6.45, 7) is 2.93. The highest BCUT2D eigenvalue weighted by atomic mass is 35.5. The minimum absolute atomic E-state index is 0. The van der Waals surface area contributed by atoms with Gasteiger partial charge in [0, 0.05) is 5.69 Å². The summed E-state index contributed by atoms with van der Waals surface area (Å²) in [4.78, 5) is 25.0. The quantitative estimate of drug-likeness (QED) is 0.889. The highest BCUT2D eigenvalue weighted by Gasteiger charge is 2.29. The Labute approximate surface area is 134 Å². The first kappa shape index (κ1) is 18.4. The second-order valence-corrected chi connectivity index (χ2v) is 5.32. The molecule has 1 fully saturated rings. The molecule has 1 atom stereocenters. The highest BCUT2D eigenvalue weighted by Crippen LogP contribution is 2.20. The van der Waals surface area contributed by atoms with E-state index in [0.29, 0.717) is 31.6 Å². The van der Waals surface area contributed by atoms with Gasteiger partial charge in [0.05, 0.1) is 12.0 Å². The maximum Gasteiger partial charge on any atom is 0.306 e. The van der Waals surface area contributed by atoms with Gasteiger partial charge < -0.3 is 10.4 Å². The number of likely N-dealkylation sites (tertiary alicyclic amines) is 1. The van der Waals surface area contributed by atoms with Gasteiger partial charge >= 0.3 is 5.97 Å². The molecule has 1 aliphatic rings. The van der Waals surface area contributed by atoms with Crippen LogP contribution in [0.4, 0.5) is 10.1 Å². The predicted molar refractivity (Wildman–Crippen MR) is 83.7 cm³/mol. The largest absolute Gasteiger partial charge is 0.481 e. The second kappa shape index (κ2) is 8.10. The number of aliphatic carboxylic acids is 1. The predicted octanol–water partition coefficient (Wildman–Crippen LogP) is 2.37. The van der Waals surface area contributed by atoms with E-state index in [-0.39, 0.29) is 30.3 Å². The number of amides is 1. The monoisotopic (exact) mass is 330 g/mol. The SMILES string of the molecule is CC(C(=O)Nc1cccc(F)c1)N1CCC(C(=O)O)CC1.Cl. The van der Waals surface area contributed by atoms with Gasteiger partial charge in [0.15, 0.2) is 0 Å². The van der Waals surface area contributed by atoms with E-state index in [2.05, 4.69) is 5.32 Å². The molecule has 1 aromatic rings. The van der Waals surface area contributed by atoms with Crippen molar-refractivity contribution in [1.82, 2.24) is 4.90 Å². The number of rotatable bonds is 4. The van der Waals surface area contributed by atoms with Crippen molar-refractivity contribution in [3.05, 3.63) is 30.1 Å². The van der Waals surface area contributed by atoms with E-state index in [0.717, 1.165) is 0 Å². The van der Waals surface area contributed by atoms with Gasteiger partial charge in [-0.05, 0) is 51.1 Å². The van der Waals surface area contributed by atoms with Gasteiger partial charge in [-0.2, -0.15) is 0 Å². The molecule has 0 aliphatic carbocycles. The third-order valence-corrected chi connectivity index (χ3v) is 3.90. The highest BCUT2D eigenvalue weighted by molar-refractivity contribution is 5.94. The molecule has 0 spiro atoms. The number of benzene rings is 1. The van der Waals surface area contributed by atoms with Crippen LogP contribution in [-0.4, -0.2) is 41.0 Å². The van der Waals surface area contributed by atoms with Crippen LogP contribution in [0.25, 0.3) is 0 Å². The summed E-state index contributed by atoms with van der Waals surface area (Å²) in [5.41, 5.74) is 0.423. The summed E-state index contributed by atoms with van der Waals surface area (Å²) in [5.74, 6) is -1.71. The Balaban J connectivity index is 0.00000242. The third-order valence-electron chi connectivity index (χ3n) is 3.90. The summed E-state index contributed by atoms with van der Waals surface area (Å²) in [7, 11) is 0. The molecule has 122 valence electrons. The molecule has 2 rings (SSSR count). The Kier molecular flexibility index (Phi) is 6.77. The van der Waals surface area contributed by atoms with Crippen LogP contribution in [0.15, 0.2) is 24.3 Å². The molecule has 0 saturated carbocycles. The number of piperidine rings is 1. The maximum atomic E-state index is 13.1. The third kappa shape index (κ3) is 4.68. The molecule has 1 heterocycles. The van der Waals surface area contributed by atoms with Crippen molar-refractivity contribution >= 4 is 30.0 Å². The molecule has 1 saturated heterocycles. The van der Waals surface area contributed by atoms with E-state index in [4.69, 9.17) is 5.11 Å². The topological polar surface area (TPSA) is 69.6 Å². The van der Waals surface area contributed by atoms with Crippen LogP contribution in [0, 0.1) is 11.7 Å². The Morgan fingerprint density at radius 1 is 1.36 bits per heavy atom. The van der Waals surface area contributed by atoms with Gasteiger partial charge in [-0.3, -0.25) is 14.5 Å². The molecule has 1 aliphatic heterocycles. The van der Waals surface area contributed by atoms with Crippen LogP contribution in [0.5, 0.6) is 0 Å². The summed E-state index contributed by atoms with van der Waals surface area (Å²) >= 11 is 0. The molecule has 0 aromatic heterocycles. The van der Waals surface area contributed by atoms with Crippen molar-refractivity contribution in [3.63, 3.8) is 0 Å². The molecule has 5 nitrogen and oxygen atoms in total. The lowest BCUT2D eigenvalue weighted by Gasteiger charge is -2.33. The zero-order valence-electron chi connectivity index (χ0n) is 12.3. The van der Waals surface area contributed by atoms with Gasteiger partial charge in [0.25, 0.3) is 0 Å². The van der Waals surface area contributed by atoms with E-state index in [1.165, 1.54) is 18.2 Å². The van der Waals surface area contributed by atoms with Crippen molar-refractivity contribution in [2.45, 2.75) is 25.8 Å². The second-order valence-electron chi connectivity index (χ2n) is 5.32. The first-order chi connectivity index (χ1) is 9.97. The van der Waals surface area contributed by atoms with Crippen LogP contribution in [0.2, 0.25) is 0 Å². The zero-order valence-corrected chi connectivity index (χ0v) is 13.1. The summed E-state index contributed by atoms with van der Waals surface area (Å²) < 4.78 is 13.1.